The molecule has 0 bridgehead atoms. The Morgan fingerprint density at radius 1 is 1.04 bits per heavy atom. The number of nitrogens with one attached hydrogen (secondary N) is 2. The smallest absolute Gasteiger partial charge is 0.374 e. The van der Waals surface area contributed by atoms with Gasteiger partial charge in [0, 0.05) is 13.1 Å². The Morgan fingerprint density at radius 2 is 1.62 bits per heavy atom. The molecule has 4 nitrogen and oxygen atoms in total. The first-order valence-corrected chi connectivity index (χ1v) is 7.25. The Labute approximate surface area is 139 Å². The number of benzene rings is 1. The number of halogens is 3. The minimum atomic E-state index is -4.42. The molecule has 0 amide bonds. The van der Waals surface area contributed by atoms with Crippen LogP contribution >= 0.6 is 0 Å². The van der Waals surface area contributed by atoms with Gasteiger partial charge in [0.1, 0.15) is 23.5 Å². The molecule has 24 heavy (non-hydrogen) atoms. The van der Waals surface area contributed by atoms with Crippen LogP contribution in [0.5, 0.6) is 0 Å². The van der Waals surface area contributed by atoms with E-state index in [1.165, 1.54) is 12.1 Å². The van der Waals surface area contributed by atoms with Crippen molar-refractivity contribution in [3.05, 3.63) is 46.8 Å². The van der Waals surface area contributed by atoms with Gasteiger partial charge in [0.2, 0.25) is 0 Å². The van der Waals surface area contributed by atoms with Crippen LogP contribution in [0.3, 0.4) is 0 Å². The summed E-state index contributed by atoms with van der Waals surface area (Å²) in [6, 6.07) is 8.58. The van der Waals surface area contributed by atoms with Crippen LogP contribution < -0.4 is 10.6 Å². The molecule has 0 spiro atoms. The van der Waals surface area contributed by atoms with E-state index < -0.39 is 11.7 Å². The zero-order valence-electron chi connectivity index (χ0n) is 13.8. The predicted octanol–water partition coefficient (Wildman–Crippen LogP) is 3.69. The van der Waals surface area contributed by atoms with Crippen molar-refractivity contribution in [1.82, 2.24) is 10.6 Å². The van der Waals surface area contributed by atoms with Gasteiger partial charge >= 0.3 is 6.18 Å². The highest BCUT2D eigenvalue weighted by Crippen LogP contribution is 2.29. The highest BCUT2D eigenvalue weighted by Gasteiger charge is 2.30. The molecule has 0 aromatic heterocycles. The SMILES string of the molecule is CC(C)(C)CN/C(C#N)=C(\C#N)NCc1cccc(C(F)(F)F)c1. The summed E-state index contributed by atoms with van der Waals surface area (Å²) in [4.78, 5) is 0. The lowest BCUT2D eigenvalue weighted by Crippen LogP contribution is -2.28. The quantitative estimate of drug-likeness (QED) is 0.805. The van der Waals surface area contributed by atoms with Crippen molar-refractivity contribution in [2.45, 2.75) is 33.5 Å². The van der Waals surface area contributed by atoms with Crippen molar-refractivity contribution >= 4 is 0 Å². The van der Waals surface area contributed by atoms with E-state index in [4.69, 9.17) is 5.26 Å². The van der Waals surface area contributed by atoms with Gasteiger partial charge in [-0.05, 0) is 23.1 Å². The fourth-order valence-electron chi connectivity index (χ4n) is 1.77. The molecular weight excluding hydrogens is 317 g/mol. The van der Waals surface area contributed by atoms with Crippen molar-refractivity contribution in [3.63, 3.8) is 0 Å². The van der Waals surface area contributed by atoms with Gasteiger partial charge in [0.05, 0.1) is 5.56 Å². The van der Waals surface area contributed by atoms with Crippen molar-refractivity contribution in [1.29, 1.82) is 10.5 Å². The van der Waals surface area contributed by atoms with Crippen LogP contribution in [0, 0.1) is 28.1 Å². The van der Waals surface area contributed by atoms with Crippen LogP contribution in [0.2, 0.25) is 0 Å². The molecule has 0 aliphatic rings. The van der Waals surface area contributed by atoms with Gasteiger partial charge in [-0.15, -0.1) is 0 Å². The van der Waals surface area contributed by atoms with E-state index in [2.05, 4.69) is 10.6 Å². The van der Waals surface area contributed by atoms with Gasteiger partial charge < -0.3 is 10.6 Å². The van der Waals surface area contributed by atoms with E-state index in [0.717, 1.165) is 12.1 Å². The van der Waals surface area contributed by atoms with Gasteiger partial charge in [-0.2, -0.15) is 23.7 Å². The van der Waals surface area contributed by atoms with Gasteiger partial charge in [0.15, 0.2) is 0 Å². The summed E-state index contributed by atoms with van der Waals surface area (Å²) < 4.78 is 38.1. The first-order valence-electron chi connectivity index (χ1n) is 7.25. The first-order chi connectivity index (χ1) is 11.1. The number of alkyl halides is 3. The Balaban J connectivity index is 2.88. The maximum Gasteiger partial charge on any atom is 0.416 e. The third kappa shape index (κ3) is 6.21. The molecule has 7 heteroatoms. The Morgan fingerprint density at radius 3 is 2.12 bits per heavy atom. The van der Waals surface area contributed by atoms with E-state index in [-0.39, 0.29) is 23.4 Å². The van der Waals surface area contributed by atoms with Gasteiger partial charge in [0.25, 0.3) is 0 Å². The molecular formula is C17H19F3N4. The summed E-state index contributed by atoms with van der Waals surface area (Å²) in [5, 5.41) is 23.9. The standard InChI is InChI=1S/C17H19F3N4/c1-16(2,3)11-24-15(9-22)14(8-21)23-10-12-5-4-6-13(7-12)17(18,19)20/h4-7,23-24H,10-11H2,1-3H3/b15-14+. The highest BCUT2D eigenvalue weighted by molar-refractivity contribution is 5.35. The van der Waals surface area contributed by atoms with E-state index in [1.807, 2.05) is 32.9 Å². The molecule has 0 radical (unpaired) electrons. The molecule has 2 N–H and O–H groups in total. The number of nitrogens with zero attached hydrogens (tertiary/aromatic N) is 2. The van der Waals surface area contributed by atoms with Gasteiger partial charge in [-0.25, -0.2) is 0 Å². The topological polar surface area (TPSA) is 71.6 Å². The fourth-order valence-corrected chi connectivity index (χ4v) is 1.77. The number of rotatable bonds is 5. The zero-order valence-corrected chi connectivity index (χ0v) is 13.8. The summed E-state index contributed by atoms with van der Waals surface area (Å²) in [5.41, 5.74) is -0.413. The molecule has 0 saturated heterocycles. The summed E-state index contributed by atoms with van der Waals surface area (Å²) in [6.07, 6.45) is -4.42. The van der Waals surface area contributed by atoms with E-state index in [1.54, 1.807) is 0 Å². The molecule has 128 valence electrons. The number of hydrogen-bond donors (Lipinski definition) is 2. The van der Waals surface area contributed by atoms with Crippen molar-refractivity contribution in [3.8, 4) is 12.1 Å². The lowest BCUT2D eigenvalue weighted by molar-refractivity contribution is -0.137. The number of hydrogen-bond acceptors (Lipinski definition) is 4. The monoisotopic (exact) mass is 336 g/mol. The number of nitriles is 2. The number of allylic oxidation sites excluding steroid dienone is 2. The van der Waals surface area contributed by atoms with Crippen LogP contribution in [-0.2, 0) is 12.7 Å². The molecule has 1 rings (SSSR count). The van der Waals surface area contributed by atoms with Crippen molar-refractivity contribution in [2.24, 2.45) is 5.41 Å². The first kappa shape index (κ1) is 19.4. The summed E-state index contributed by atoms with van der Waals surface area (Å²) in [6.45, 7) is 6.40. The second-order valence-electron chi connectivity index (χ2n) is 6.44. The van der Waals surface area contributed by atoms with E-state index in [9.17, 15) is 18.4 Å². The summed E-state index contributed by atoms with van der Waals surface area (Å²) in [5.74, 6) is 0. The Hall–Kier alpha value is -2.67. The van der Waals surface area contributed by atoms with Crippen LogP contribution in [0.25, 0.3) is 0 Å². The van der Waals surface area contributed by atoms with Gasteiger partial charge in [-0.1, -0.05) is 32.9 Å². The second-order valence-corrected chi connectivity index (χ2v) is 6.44. The maximum absolute atomic E-state index is 12.7. The summed E-state index contributed by atoms with van der Waals surface area (Å²) in [7, 11) is 0. The average Bonchev–Trinajstić information content (AvgIpc) is 2.49. The second kappa shape index (κ2) is 7.74. The third-order valence-electron chi connectivity index (χ3n) is 2.99. The van der Waals surface area contributed by atoms with Crippen LogP contribution in [0.1, 0.15) is 31.9 Å². The maximum atomic E-state index is 12.7. The highest BCUT2D eigenvalue weighted by atomic mass is 19.4. The lowest BCUT2D eigenvalue weighted by Gasteiger charge is -2.19. The largest absolute Gasteiger partial charge is 0.416 e. The van der Waals surface area contributed by atoms with Crippen molar-refractivity contribution in [2.75, 3.05) is 6.54 Å². The van der Waals surface area contributed by atoms with Crippen LogP contribution in [-0.4, -0.2) is 6.54 Å². The van der Waals surface area contributed by atoms with Crippen molar-refractivity contribution < 1.29 is 13.2 Å². The van der Waals surface area contributed by atoms with Gasteiger partial charge in [-0.3, -0.25) is 0 Å². The summed E-state index contributed by atoms with van der Waals surface area (Å²) >= 11 is 0. The van der Waals surface area contributed by atoms with Crippen LogP contribution in [0.4, 0.5) is 13.2 Å². The Bertz CT molecular complexity index is 686. The molecule has 1 aromatic carbocycles. The molecule has 0 aliphatic carbocycles. The predicted molar refractivity (Wildman–Crippen MR) is 84.0 cm³/mol. The molecule has 0 atom stereocenters. The fraction of sp³-hybridized carbons (Fsp3) is 0.412. The molecule has 0 aliphatic heterocycles. The normalized spacial score (nSPS) is 12.7. The Kier molecular flexibility index (Phi) is 6.25. The minimum Gasteiger partial charge on any atom is -0.374 e. The molecule has 0 saturated carbocycles. The van der Waals surface area contributed by atoms with E-state index in [0.29, 0.717) is 12.1 Å². The lowest BCUT2D eigenvalue weighted by atomic mass is 9.97. The van der Waals surface area contributed by atoms with E-state index >= 15 is 0 Å². The minimum absolute atomic E-state index is 0.000776. The third-order valence-corrected chi connectivity index (χ3v) is 2.99. The molecule has 0 heterocycles. The zero-order chi connectivity index (χ0) is 18.4. The van der Waals surface area contributed by atoms with Crippen LogP contribution in [0.15, 0.2) is 35.7 Å². The molecule has 0 unspecified atom stereocenters. The molecule has 1 aromatic rings. The average molecular weight is 336 g/mol. The molecule has 0 fully saturated rings.